The highest BCUT2D eigenvalue weighted by Gasteiger charge is 2.18. The third-order valence-corrected chi connectivity index (χ3v) is 6.03. The largest absolute Gasteiger partial charge is 0.280 e. The van der Waals surface area contributed by atoms with E-state index in [1.807, 2.05) is 30.3 Å². The zero-order chi connectivity index (χ0) is 17.3. The van der Waals surface area contributed by atoms with Crippen molar-refractivity contribution in [3.63, 3.8) is 0 Å². The molecule has 4 heteroatoms. The molecule has 1 aliphatic carbocycles. The van der Waals surface area contributed by atoms with Gasteiger partial charge in [-0.05, 0) is 73.2 Å². The average Bonchev–Trinajstić information content (AvgIpc) is 2.83. The van der Waals surface area contributed by atoms with E-state index < -0.39 is 10.0 Å². The van der Waals surface area contributed by atoms with Crippen molar-refractivity contribution >= 4 is 21.3 Å². The van der Waals surface area contributed by atoms with Crippen LogP contribution in [0.25, 0.3) is 5.57 Å². The molecule has 2 aromatic carbocycles. The maximum atomic E-state index is 12.6. The van der Waals surface area contributed by atoms with Crippen LogP contribution in [0.5, 0.6) is 0 Å². The molecule has 3 rings (SSSR count). The number of nitrogens with one attached hydrogen (secondary N) is 1. The van der Waals surface area contributed by atoms with Crippen LogP contribution in [0.3, 0.4) is 0 Å². The molecule has 0 aliphatic heterocycles. The van der Waals surface area contributed by atoms with Crippen molar-refractivity contribution in [3.8, 4) is 0 Å². The van der Waals surface area contributed by atoms with E-state index in [4.69, 9.17) is 0 Å². The third kappa shape index (κ3) is 3.24. The summed E-state index contributed by atoms with van der Waals surface area (Å²) < 4.78 is 27.9. The van der Waals surface area contributed by atoms with Gasteiger partial charge >= 0.3 is 0 Å². The predicted octanol–water partition coefficient (Wildman–Crippen LogP) is 4.79. The van der Waals surface area contributed by atoms with Crippen molar-refractivity contribution in [1.29, 1.82) is 0 Å². The summed E-state index contributed by atoms with van der Waals surface area (Å²) in [6, 6.07) is 12.9. The van der Waals surface area contributed by atoms with E-state index in [0.29, 0.717) is 10.6 Å². The Bertz CT molecular complexity index is 894. The maximum Gasteiger partial charge on any atom is 0.261 e. The summed E-state index contributed by atoms with van der Waals surface area (Å²) in [7, 11) is -3.56. The Kier molecular flexibility index (Phi) is 4.50. The van der Waals surface area contributed by atoms with Gasteiger partial charge in [0, 0.05) is 5.69 Å². The number of fused-ring (bicyclic) bond motifs is 1. The van der Waals surface area contributed by atoms with Crippen LogP contribution in [0, 0.1) is 0 Å². The molecule has 0 aromatic heterocycles. The number of rotatable bonds is 5. The number of benzene rings is 2. The number of allylic oxidation sites excluding steroid dienone is 2. The van der Waals surface area contributed by atoms with Gasteiger partial charge in [0.05, 0.1) is 4.90 Å². The van der Waals surface area contributed by atoms with Crippen LogP contribution < -0.4 is 4.72 Å². The highest BCUT2D eigenvalue weighted by atomic mass is 32.2. The molecule has 0 heterocycles. The fourth-order valence-corrected chi connectivity index (χ4v) is 4.18. The lowest BCUT2D eigenvalue weighted by atomic mass is 10.1. The summed E-state index contributed by atoms with van der Waals surface area (Å²) in [5.74, 6) is 0. The predicted molar refractivity (Wildman–Crippen MR) is 99.7 cm³/mol. The van der Waals surface area contributed by atoms with Gasteiger partial charge in [0.15, 0.2) is 0 Å². The van der Waals surface area contributed by atoms with Gasteiger partial charge < -0.3 is 0 Å². The third-order valence-electron chi connectivity index (χ3n) is 4.63. The Labute approximate surface area is 144 Å². The zero-order valence-corrected chi connectivity index (χ0v) is 15.2. The van der Waals surface area contributed by atoms with Gasteiger partial charge in [0.1, 0.15) is 0 Å². The van der Waals surface area contributed by atoms with Crippen molar-refractivity contribution in [1.82, 2.24) is 0 Å². The quantitative estimate of drug-likeness (QED) is 0.850. The van der Waals surface area contributed by atoms with E-state index in [2.05, 4.69) is 25.5 Å². The fraction of sp³-hybridized carbons (Fsp3) is 0.300. The molecule has 0 saturated carbocycles. The standard InChI is InChI=1S/C20H23NO2S/c1-4-5-16-6-10-19(11-7-16)24(22,23)21-18-9-8-17-12-14(2)15(3)20(17)13-18/h6-11,13,21H,4-5,12H2,1-3H3. The van der Waals surface area contributed by atoms with E-state index in [0.717, 1.165) is 30.4 Å². The second kappa shape index (κ2) is 6.44. The van der Waals surface area contributed by atoms with Crippen LogP contribution in [-0.2, 0) is 22.9 Å². The van der Waals surface area contributed by atoms with Gasteiger partial charge in [0.2, 0.25) is 0 Å². The highest BCUT2D eigenvalue weighted by molar-refractivity contribution is 7.92. The van der Waals surface area contributed by atoms with Crippen molar-refractivity contribution < 1.29 is 8.42 Å². The summed E-state index contributed by atoms with van der Waals surface area (Å²) in [4.78, 5) is 0.297. The molecule has 0 bridgehead atoms. The SMILES string of the molecule is CCCc1ccc(S(=O)(=O)Nc2ccc3c(c2)C(C)=C(C)C3)cc1. The van der Waals surface area contributed by atoms with Crippen LogP contribution >= 0.6 is 0 Å². The van der Waals surface area contributed by atoms with E-state index in [9.17, 15) is 8.42 Å². The summed E-state index contributed by atoms with van der Waals surface area (Å²) in [6.07, 6.45) is 2.96. The first kappa shape index (κ1) is 16.8. The van der Waals surface area contributed by atoms with E-state index >= 15 is 0 Å². The van der Waals surface area contributed by atoms with Gasteiger partial charge in [-0.3, -0.25) is 4.72 Å². The molecular weight excluding hydrogens is 318 g/mol. The number of sulfonamides is 1. The lowest BCUT2D eigenvalue weighted by molar-refractivity contribution is 0.601. The molecule has 1 aliphatic rings. The molecule has 24 heavy (non-hydrogen) atoms. The summed E-state index contributed by atoms with van der Waals surface area (Å²) in [5.41, 5.74) is 6.76. The molecule has 0 atom stereocenters. The Morgan fingerprint density at radius 2 is 1.75 bits per heavy atom. The minimum Gasteiger partial charge on any atom is -0.280 e. The molecule has 126 valence electrons. The van der Waals surface area contributed by atoms with E-state index in [-0.39, 0.29) is 0 Å². The normalized spacial score (nSPS) is 14.0. The molecule has 0 spiro atoms. The molecule has 1 N–H and O–H groups in total. The first-order valence-electron chi connectivity index (χ1n) is 8.32. The highest BCUT2D eigenvalue weighted by Crippen LogP contribution is 2.34. The summed E-state index contributed by atoms with van der Waals surface area (Å²) in [6.45, 7) is 6.32. The number of hydrogen-bond acceptors (Lipinski definition) is 2. The fourth-order valence-electron chi connectivity index (χ4n) is 3.13. The van der Waals surface area contributed by atoms with Crippen LogP contribution in [0.1, 0.15) is 43.9 Å². The van der Waals surface area contributed by atoms with E-state index in [1.54, 1.807) is 12.1 Å². The molecule has 0 radical (unpaired) electrons. The van der Waals surface area contributed by atoms with Crippen molar-refractivity contribution in [2.75, 3.05) is 4.72 Å². The van der Waals surface area contributed by atoms with Crippen LogP contribution in [0.15, 0.2) is 52.9 Å². The lowest BCUT2D eigenvalue weighted by Gasteiger charge is -2.11. The molecule has 0 fully saturated rings. The molecule has 0 saturated heterocycles. The Morgan fingerprint density at radius 1 is 1.04 bits per heavy atom. The van der Waals surface area contributed by atoms with Crippen LogP contribution in [0.4, 0.5) is 5.69 Å². The minimum atomic E-state index is -3.56. The van der Waals surface area contributed by atoms with Crippen molar-refractivity contribution in [2.45, 2.75) is 44.9 Å². The average molecular weight is 341 g/mol. The Hall–Kier alpha value is -2.07. The minimum absolute atomic E-state index is 0.297. The van der Waals surface area contributed by atoms with Gasteiger partial charge in [-0.2, -0.15) is 0 Å². The second-order valence-corrected chi connectivity index (χ2v) is 8.14. The van der Waals surface area contributed by atoms with Gasteiger partial charge in [-0.15, -0.1) is 0 Å². The van der Waals surface area contributed by atoms with Crippen LogP contribution in [0.2, 0.25) is 0 Å². The molecule has 0 amide bonds. The van der Waals surface area contributed by atoms with Crippen LogP contribution in [-0.4, -0.2) is 8.42 Å². The smallest absolute Gasteiger partial charge is 0.261 e. The van der Waals surface area contributed by atoms with Crippen molar-refractivity contribution in [3.05, 3.63) is 64.7 Å². The lowest BCUT2D eigenvalue weighted by Crippen LogP contribution is -2.13. The first-order valence-corrected chi connectivity index (χ1v) is 9.80. The van der Waals surface area contributed by atoms with Gasteiger partial charge in [-0.25, -0.2) is 8.42 Å². The summed E-state index contributed by atoms with van der Waals surface area (Å²) >= 11 is 0. The maximum absolute atomic E-state index is 12.6. The molecular formula is C20H23NO2S. The summed E-state index contributed by atoms with van der Waals surface area (Å²) in [5, 5.41) is 0. The number of aryl methyl sites for hydroxylation is 1. The molecule has 3 nitrogen and oxygen atoms in total. The second-order valence-electron chi connectivity index (χ2n) is 6.45. The zero-order valence-electron chi connectivity index (χ0n) is 14.4. The Balaban J connectivity index is 1.85. The van der Waals surface area contributed by atoms with Gasteiger partial charge in [0.25, 0.3) is 10.0 Å². The van der Waals surface area contributed by atoms with Gasteiger partial charge in [-0.1, -0.05) is 37.1 Å². The Morgan fingerprint density at radius 3 is 2.42 bits per heavy atom. The molecule has 2 aromatic rings. The first-order chi connectivity index (χ1) is 11.4. The number of anilines is 1. The van der Waals surface area contributed by atoms with Crippen molar-refractivity contribution in [2.24, 2.45) is 0 Å². The monoisotopic (exact) mass is 341 g/mol. The number of hydrogen-bond donors (Lipinski definition) is 1. The molecule has 0 unspecified atom stereocenters. The topological polar surface area (TPSA) is 46.2 Å². The van der Waals surface area contributed by atoms with E-state index in [1.165, 1.54) is 16.7 Å².